The van der Waals surface area contributed by atoms with Gasteiger partial charge in [-0.1, -0.05) is 130 Å². The number of imidazole rings is 1. The Kier molecular flexibility index (Phi) is 8.32. The van der Waals surface area contributed by atoms with Crippen LogP contribution in [0.25, 0.3) is 33.8 Å². The van der Waals surface area contributed by atoms with Gasteiger partial charge in [-0.3, -0.25) is 4.98 Å². The molecule has 0 amide bonds. The van der Waals surface area contributed by atoms with Gasteiger partial charge in [0, 0.05) is 32.5 Å². The quantitative estimate of drug-likeness (QED) is 0.143. The van der Waals surface area contributed by atoms with Crippen LogP contribution in [0.3, 0.4) is 0 Å². The van der Waals surface area contributed by atoms with Crippen molar-refractivity contribution in [1.82, 2.24) is 19.9 Å². The first kappa shape index (κ1) is 31.7. The number of aromatic nitrogens is 4. The molecule has 0 spiro atoms. The van der Waals surface area contributed by atoms with Gasteiger partial charge >= 0.3 is 0 Å². The first-order chi connectivity index (χ1) is 22.3. The van der Waals surface area contributed by atoms with E-state index in [-0.39, 0.29) is 20.1 Å². The van der Waals surface area contributed by atoms with Crippen molar-refractivity contribution in [3.05, 3.63) is 134 Å². The zero-order valence-corrected chi connectivity index (χ0v) is 32.0. The third kappa shape index (κ3) is 5.31. The number of fused-ring (bicyclic) bond motifs is 5. The maximum absolute atomic E-state index is 4.70. The van der Waals surface area contributed by atoms with Gasteiger partial charge in [-0.2, -0.15) is 0 Å². The normalized spacial score (nSPS) is 16.0. The van der Waals surface area contributed by atoms with E-state index in [1.807, 2.05) is 54.7 Å². The third-order valence-corrected chi connectivity index (χ3v) is 19.8. The molecule has 0 N–H and O–H groups in total. The largest absolute Gasteiger partial charge is 0.434 e. The molecule has 0 aliphatic carbocycles. The number of rotatable bonds is 2. The Labute approximate surface area is 292 Å². The molecular weight excluding hydrogens is 804 g/mol. The molecule has 9 rings (SSSR count). The Hall–Kier alpha value is -3.84. The van der Waals surface area contributed by atoms with E-state index in [0.717, 1.165) is 22.4 Å². The molecule has 0 saturated carbocycles. The number of benzene rings is 4. The molecule has 0 fully saturated rings. The summed E-state index contributed by atoms with van der Waals surface area (Å²) in [5.74, 6) is 0.691. The van der Waals surface area contributed by atoms with Crippen LogP contribution >= 0.6 is 7.92 Å². The molecule has 47 heavy (non-hydrogen) atoms. The first-order valence-electron chi connectivity index (χ1n) is 15.7. The Morgan fingerprint density at radius 3 is 1.83 bits per heavy atom. The van der Waals surface area contributed by atoms with Crippen LogP contribution in [0.5, 0.6) is 0 Å². The Bertz CT molecular complexity index is 2120. The van der Waals surface area contributed by atoms with Crippen molar-refractivity contribution in [3.8, 4) is 22.8 Å². The summed E-state index contributed by atoms with van der Waals surface area (Å²) < 4.78 is 0. The second-order valence-corrected chi connectivity index (χ2v) is 23.6. The predicted octanol–water partition coefficient (Wildman–Crippen LogP) is 4.83. The van der Waals surface area contributed by atoms with E-state index in [4.69, 9.17) is 4.98 Å². The van der Waals surface area contributed by atoms with E-state index in [1.54, 1.807) is 37.7 Å². The van der Waals surface area contributed by atoms with Crippen molar-refractivity contribution in [1.29, 1.82) is 0 Å². The van der Waals surface area contributed by atoms with Crippen LogP contribution in [0.4, 0.5) is 0 Å². The first-order valence-corrected chi connectivity index (χ1v) is 23.0. The zero-order chi connectivity index (χ0) is 31.5. The van der Waals surface area contributed by atoms with Gasteiger partial charge in [0.2, 0.25) is 0 Å². The molecule has 2 aliphatic heterocycles. The van der Waals surface area contributed by atoms with E-state index in [1.165, 1.54) is 10.8 Å². The topological polar surface area (TPSA) is 52.8 Å². The molecule has 4 aromatic carbocycles. The third-order valence-electron chi connectivity index (χ3n) is 9.37. The zero-order valence-electron chi connectivity index (χ0n) is 26.7. The van der Waals surface area contributed by atoms with Gasteiger partial charge in [0.1, 0.15) is 0 Å². The molecule has 0 bridgehead atoms. The summed E-state index contributed by atoms with van der Waals surface area (Å²) in [5.41, 5.74) is 4.85. The molecule has 3 aromatic heterocycles. The number of hydrogen-bond donors (Lipinski definition) is 0. The van der Waals surface area contributed by atoms with Crippen molar-refractivity contribution in [2.24, 2.45) is 0 Å². The van der Waals surface area contributed by atoms with E-state index in [0.29, 0.717) is 5.82 Å². The maximum Gasteiger partial charge on any atom is 0.0943 e. The fourth-order valence-corrected chi connectivity index (χ4v) is 19.6. The fraction of sp³-hybridized carbons (Fsp3) is 0.103. The van der Waals surface area contributed by atoms with Gasteiger partial charge < -0.3 is 15.0 Å². The number of hydrogen-bond acceptors (Lipinski definition) is 3. The number of pyridine rings is 2. The van der Waals surface area contributed by atoms with Crippen LogP contribution < -0.4 is 41.6 Å². The maximum atomic E-state index is 4.70. The van der Waals surface area contributed by atoms with Gasteiger partial charge in [0.05, 0.1) is 21.8 Å². The molecule has 1 atom stereocenters. The molecule has 7 aromatic rings. The van der Waals surface area contributed by atoms with Gasteiger partial charge in [-0.05, 0) is 61.7 Å². The van der Waals surface area contributed by atoms with Crippen molar-refractivity contribution in [2.75, 3.05) is 0 Å². The molecule has 8 heteroatoms. The monoisotopic (exact) mass is 837 g/mol. The minimum Gasteiger partial charge on any atom is -0.434 e. The van der Waals surface area contributed by atoms with E-state index in [2.05, 4.69) is 114 Å². The summed E-state index contributed by atoms with van der Waals surface area (Å²) in [6, 6.07) is 44.7. The molecule has 4 nitrogen and oxygen atoms in total. The Morgan fingerprint density at radius 2 is 1.19 bits per heavy atom. The van der Waals surface area contributed by atoms with Crippen molar-refractivity contribution in [3.63, 3.8) is 0 Å². The van der Waals surface area contributed by atoms with Crippen molar-refractivity contribution in [2.45, 2.75) is 26.2 Å². The molecule has 2 aliphatic rings. The van der Waals surface area contributed by atoms with Crippen LogP contribution in [0.1, 0.15) is 0 Å². The predicted molar refractivity (Wildman–Crippen MR) is 199 cm³/mol. The Morgan fingerprint density at radius 1 is 0.617 bits per heavy atom. The van der Waals surface area contributed by atoms with Crippen LogP contribution in [0.2, 0.25) is 26.2 Å². The van der Waals surface area contributed by atoms with Crippen molar-refractivity contribution < 1.29 is 20.1 Å². The summed E-state index contributed by atoms with van der Waals surface area (Å²) in [6.07, 6.45) is 3.65. The minimum absolute atomic E-state index is 0. The van der Waals surface area contributed by atoms with Gasteiger partial charge in [-0.25, -0.2) is 0 Å². The molecule has 1 unspecified atom stereocenters. The summed E-state index contributed by atoms with van der Waals surface area (Å²) in [5, 5.41) is 11.1. The Balaban J connectivity index is 0.000000184. The summed E-state index contributed by atoms with van der Waals surface area (Å²) in [4.78, 5) is 17.7. The molecule has 5 heterocycles. The van der Waals surface area contributed by atoms with Crippen LogP contribution in [-0.2, 0) is 20.1 Å². The summed E-state index contributed by atoms with van der Waals surface area (Å²) in [7, 11) is -4.26. The summed E-state index contributed by atoms with van der Waals surface area (Å²) >= 11 is 0. The van der Waals surface area contributed by atoms with Gasteiger partial charge in [-0.15, -0.1) is 28.1 Å². The second-order valence-electron chi connectivity index (χ2n) is 12.9. The van der Waals surface area contributed by atoms with E-state index < -0.39 is 24.1 Å². The van der Waals surface area contributed by atoms with Gasteiger partial charge in [0.25, 0.3) is 0 Å². The average molecular weight is 837 g/mol. The number of nitrogens with zero attached hydrogens (tertiary/aromatic N) is 4. The van der Waals surface area contributed by atoms with Crippen molar-refractivity contribution >= 4 is 71.8 Å². The fourth-order valence-electron chi connectivity index (χ4n) is 6.96. The van der Waals surface area contributed by atoms with Crippen LogP contribution in [0.15, 0.2) is 128 Å². The minimum atomic E-state index is -1.88. The van der Waals surface area contributed by atoms with Crippen LogP contribution in [-0.4, -0.2) is 31.1 Å². The van der Waals surface area contributed by atoms with E-state index >= 15 is 0 Å². The van der Waals surface area contributed by atoms with Gasteiger partial charge in [0.15, 0.2) is 0 Å². The molecule has 0 saturated heterocycles. The second kappa shape index (κ2) is 12.3. The molecule has 1 radical (unpaired) electrons. The number of para-hydroxylation sites is 2. The SMILES string of the molecule is C[Si]1(C)c2[c-]c(-c3ccccn3)cc3c2P(c2ccccc21)c1ccccc1[Si]3(C)C.[Ir].c1ccc(-c2nc3ccccc3[n-]2)nc1. The van der Waals surface area contributed by atoms with Crippen LogP contribution in [0, 0.1) is 6.07 Å². The van der Waals surface area contributed by atoms with E-state index in [9.17, 15) is 0 Å². The smallest absolute Gasteiger partial charge is 0.0943 e. The molecular formula is C39H33IrN4PSi2-2. The summed E-state index contributed by atoms with van der Waals surface area (Å²) in [6.45, 7) is 10.1. The standard InChI is InChI=1S/C27H25NPSi2.C12H8N3.Ir/c1-30(2)23-14-7-5-12-21(23)29-22-13-6-8-15-24(22)31(3,4)26-18-19(17-25(30)27(26)29)20-11-9-10-16-28-20;1-2-6-10-9(5-1)14-12(15-10)11-7-3-4-8-13-11;/h5-17H,1-4H3;1-8H;/q2*-1;. The average Bonchev–Trinajstić information content (AvgIpc) is 3.54. The molecule has 233 valence electrons.